The fourth-order valence-electron chi connectivity index (χ4n) is 4.44. The van der Waals surface area contributed by atoms with E-state index in [1.54, 1.807) is 28.3 Å². The molecule has 1 aliphatic carbocycles. The number of methoxy groups -OCH3 is 2. The summed E-state index contributed by atoms with van der Waals surface area (Å²) in [5.41, 5.74) is 4.59. The first kappa shape index (κ1) is 23.8. The fraction of sp³-hybridized carbons (Fsp3) is 0.407. The van der Waals surface area contributed by atoms with Gasteiger partial charge in [-0.15, -0.1) is 0 Å². The minimum absolute atomic E-state index is 0.113. The first-order valence-electron chi connectivity index (χ1n) is 11.6. The van der Waals surface area contributed by atoms with Crippen molar-refractivity contribution in [1.82, 2.24) is 14.7 Å². The highest BCUT2D eigenvalue weighted by Crippen LogP contribution is 2.42. The minimum atomic E-state index is -0.530. The third-order valence-corrected chi connectivity index (χ3v) is 6.60. The summed E-state index contributed by atoms with van der Waals surface area (Å²) in [6.45, 7) is 2.08. The molecular formula is C27H33N3O4. The summed E-state index contributed by atoms with van der Waals surface area (Å²) in [7, 11) is 6.80. The number of ether oxygens (including phenoxy) is 3. The summed E-state index contributed by atoms with van der Waals surface area (Å²) in [5.74, 6) is 0.798. The molecule has 0 spiro atoms. The summed E-state index contributed by atoms with van der Waals surface area (Å²) in [4.78, 5) is 13.5. The Balaban J connectivity index is 1.68. The Morgan fingerprint density at radius 1 is 1.03 bits per heavy atom. The molecule has 4 rings (SSSR count). The summed E-state index contributed by atoms with van der Waals surface area (Å²) >= 11 is 0. The molecule has 1 aliphatic rings. The monoisotopic (exact) mass is 463 g/mol. The van der Waals surface area contributed by atoms with Crippen LogP contribution in [0.1, 0.15) is 36.9 Å². The molecule has 0 bridgehead atoms. The van der Waals surface area contributed by atoms with Gasteiger partial charge in [-0.3, -0.25) is 0 Å². The van der Waals surface area contributed by atoms with Gasteiger partial charge in [0.1, 0.15) is 17.5 Å². The van der Waals surface area contributed by atoms with Crippen molar-refractivity contribution in [3.63, 3.8) is 0 Å². The molecule has 1 heterocycles. The Morgan fingerprint density at radius 2 is 1.68 bits per heavy atom. The van der Waals surface area contributed by atoms with E-state index in [0.29, 0.717) is 0 Å². The van der Waals surface area contributed by atoms with Gasteiger partial charge in [-0.25, -0.2) is 9.48 Å². The number of aryl methyl sites for hydroxylation is 1. The molecule has 0 aliphatic heterocycles. The largest absolute Gasteiger partial charge is 0.497 e. The molecule has 34 heavy (non-hydrogen) atoms. The van der Waals surface area contributed by atoms with Crippen molar-refractivity contribution in [1.29, 1.82) is 0 Å². The number of carbonyl (C=O) groups is 1. The third-order valence-electron chi connectivity index (χ3n) is 6.60. The van der Waals surface area contributed by atoms with Crippen LogP contribution in [0.25, 0.3) is 16.9 Å². The van der Waals surface area contributed by atoms with E-state index in [1.165, 1.54) is 10.5 Å². The molecule has 180 valence electrons. The maximum Gasteiger partial charge on any atom is 0.409 e. The van der Waals surface area contributed by atoms with Gasteiger partial charge in [0.15, 0.2) is 0 Å². The van der Waals surface area contributed by atoms with E-state index in [4.69, 9.17) is 19.3 Å². The lowest BCUT2D eigenvalue weighted by atomic mass is 9.80. The second-order valence-corrected chi connectivity index (χ2v) is 9.07. The molecule has 1 amide bonds. The second-order valence-electron chi connectivity index (χ2n) is 9.07. The average molecular weight is 464 g/mol. The van der Waals surface area contributed by atoms with E-state index in [-0.39, 0.29) is 12.2 Å². The lowest BCUT2D eigenvalue weighted by Gasteiger charge is -2.37. The molecule has 1 aromatic heterocycles. The van der Waals surface area contributed by atoms with Crippen molar-refractivity contribution in [3.05, 3.63) is 65.9 Å². The van der Waals surface area contributed by atoms with Crippen LogP contribution in [-0.2, 0) is 15.1 Å². The van der Waals surface area contributed by atoms with Crippen LogP contribution in [0.2, 0.25) is 0 Å². The molecule has 7 heteroatoms. The topological polar surface area (TPSA) is 65.8 Å². The maximum atomic E-state index is 12.0. The standard InChI is InChI=1S/C27H33N3O4/c1-19-6-8-20(9-7-19)24-18-25(28-30(24)21-10-12-22(32-4)13-11-21)27(33-5)16-14-23(15-17-27)34-26(31)29(2)3/h6-13,18,23H,14-17H2,1-5H3. The van der Waals surface area contributed by atoms with Gasteiger partial charge in [0.25, 0.3) is 0 Å². The Labute approximate surface area is 201 Å². The molecule has 2 aromatic carbocycles. The Morgan fingerprint density at radius 3 is 2.24 bits per heavy atom. The van der Waals surface area contributed by atoms with Gasteiger partial charge in [-0.1, -0.05) is 29.8 Å². The summed E-state index contributed by atoms with van der Waals surface area (Å²) in [5, 5.41) is 5.05. The average Bonchev–Trinajstić information content (AvgIpc) is 3.31. The smallest absolute Gasteiger partial charge is 0.409 e. The molecule has 0 N–H and O–H groups in total. The molecule has 7 nitrogen and oxygen atoms in total. The molecule has 1 saturated carbocycles. The van der Waals surface area contributed by atoms with Gasteiger partial charge in [-0.05, 0) is 62.9 Å². The van der Waals surface area contributed by atoms with Crippen molar-refractivity contribution in [2.45, 2.75) is 44.3 Å². The quantitative estimate of drug-likeness (QED) is 0.494. The lowest BCUT2D eigenvalue weighted by Crippen LogP contribution is -2.38. The van der Waals surface area contributed by atoms with Crippen molar-refractivity contribution in [2.24, 2.45) is 0 Å². The lowest BCUT2D eigenvalue weighted by molar-refractivity contribution is -0.0756. The van der Waals surface area contributed by atoms with E-state index in [9.17, 15) is 4.79 Å². The van der Waals surface area contributed by atoms with Crippen LogP contribution in [0.15, 0.2) is 54.6 Å². The Hall–Kier alpha value is -3.32. The summed E-state index contributed by atoms with van der Waals surface area (Å²) in [6, 6.07) is 18.5. The van der Waals surface area contributed by atoms with Crippen molar-refractivity contribution >= 4 is 6.09 Å². The minimum Gasteiger partial charge on any atom is -0.497 e. The molecule has 0 saturated heterocycles. The Kier molecular flexibility index (Phi) is 6.93. The van der Waals surface area contributed by atoms with Crippen LogP contribution >= 0.6 is 0 Å². The maximum absolute atomic E-state index is 12.0. The molecule has 1 fully saturated rings. The number of nitrogens with zero attached hydrogens (tertiary/aromatic N) is 3. The number of aromatic nitrogens is 2. The van der Waals surface area contributed by atoms with Gasteiger partial charge in [0.2, 0.25) is 0 Å². The van der Waals surface area contributed by atoms with Crippen molar-refractivity contribution in [3.8, 4) is 22.7 Å². The van der Waals surface area contributed by atoms with Crippen LogP contribution in [0.4, 0.5) is 4.79 Å². The van der Waals surface area contributed by atoms with Crippen molar-refractivity contribution < 1.29 is 19.0 Å². The summed E-state index contributed by atoms with van der Waals surface area (Å²) < 4.78 is 19.0. The summed E-state index contributed by atoms with van der Waals surface area (Å²) in [6.07, 6.45) is 2.48. The molecule has 0 atom stereocenters. The SMILES string of the molecule is COc1ccc(-n2nc(C3(OC)CCC(OC(=O)N(C)C)CC3)cc2-c2ccc(C)cc2)cc1. The third kappa shape index (κ3) is 4.80. The van der Waals surface area contributed by atoms with Crippen LogP contribution in [-0.4, -0.2) is 55.2 Å². The zero-order valence-electron chi connectivity index (χ0n) is 20.6. The first-order chi connectivity index (χ1) is 16.3. The highest BCUT2D eigenvalue weighted by atomic mass is 16.6. The number of carbonyl (C=O) groups excluding carboxylic acids is 1. The molecule has 3 aromatic rings. The van der Waals surface area contributed by atoms with Crippen LogP contribution in [0.3, 0.4) is 0 Å². The van der Waals surface area contributed by atoms with Gasteiger partial charge >= 0.3 is 6.09 Å². The Bertz CT molecular complexity index is 1110. The number of rotatable bonds is 6. The van der Waals surface area contributed by atoms with Crippen LogP contribution in [0, 0.1) is 6.92 Å². The number of amides is 1. The highest BCUT2D eigenvalue weighted by molar-refractivity contribution is 5.67. The fourth-order valence-corrected chi connectivity index (χ4v) is 4.44. The number of hydrogen-bond donors (Lipinski definition) is 0. The molecule has 0 unspecified atom stereocenters. The van der Waals surface area contributed by atoms with E-state index in [0.717, 1.165) is 54.1 Å². The predicted octanol–water partition coefficient (Wildman–Crippen LogP) is 5.34. The molecule has 0 radical (unpaired) electrons. The second kappa shape index (κ2) is 9.89. The zero-order chi connectivity index (χ0) is 24.3. The highest BCUT2D eigenvalue weighted by Gasteiger charge is 2.41. The van der Waals surface area contributed by atoms with Crippen LogP contribution in [0.5, 0.6) is 5.75 Å². The zero-order valence-corrected chi connectivity index (χ0v) is 20.6. The van der Waals surface area contributed by atoms with E-state index in [1.807, 2.05) is 28.9 Å². The van der Waals surface area contributed by atoms with Gasteiger partial charge < -0.3 is 19.1 Å². The first-order valence-corrected chi connectivity index (χ1v) is 11.6. The number of hydrogen-bond acceptors (Lipinski definition) is 5. The van der Waals surface area contributed by atoms with E-state index >= 15 is 0 Å². The van der Waals surface area contributed by atoms with Crippen LogP contribution < -0.4 is 4.74 Å². The van der Waals surface area contributed by atoms with Gasteiger partial charge in [-0.2, -0.15) is 5.10 Å². The predicted molar refractivity (Wildman–Crippen MR) is 131 cm³/mol. The number of benzene rings is 2. The van der Waals surface area contributed by atoms with Crippen molar-refractivity contribution in [2.75, 3.05) is 28.3 Å². The van der Waals surface area contributed by atoms with E-state index in [2.05, 4.69) is 37.3 Å². The normalized spacial score (nSPS) is 20.1. The van der Waals surface area contributed by atoms with Gasteiger partial charge in [0, 0.05) is 26.8 Å². The van der Waals surface area contributed by atoms with E-state index < -0.39 is 5.60 Å². The van der Waals surface area contributed by atoms with Gasteiger partial charge in [0.05, 0.1) is 24.2 Å². The molecular weight excluding hydrogens is 430 g/mol.